The van der Waals surface area contributed by atoms with Gasteiger partial charge < -0.3 is 14.2 Å². The zero-order chi connectivity index (χ0) is 27.4. The molecule has 0 amide bonds. The normalized spacial score (nSPS) is 12.4. The van der Waals surface area contributed by atoms with Gasteiger partial charge in [0.2, 0.25) is 11.6 Å². The van der Waals surface area contributed by atoms with Crippen molar-refractivity contribution >= 4 is 21.8 Å². The molecule has 5 rings (SSSR count). The van der Waals surface area contributed by atoms with Gasteiger partial charge >= 0.3 is 0 Å². The number of rotatable bonds is 7. The third-order valence-corrected chi connectivity index (χ3v) is 6.77. The predicted octanol–water partition coefficient (Wildman–Crippen LogP) is 5.46. The molecule has 2 aromatic carbocycles. The van der Waals surface area contributed by atoms with Crippen LogP contribution < -0.4 is 9.68 Å². The van der Waals surface area contributed by atoms with Crippen molar-refractivity contribution in [3.8, 4) is 23.7 Å². The lowest BCUT2D eigenvalue weighted by molar-refractivity contribution is 0.0444. The summed E-state index contributed by atoms with van der Waals surface area (Å²) in [5.74, 6) is 14.0. The predicted molar refractivity (Wildman–Crippen MR) is 154 cm³/mol. The lowest BCUT2D eigenvalue weighted by Crippen LogP contribution is -2.21. The minimum Gasteiger partial charge on any atom is -0.409 e. The summed E-state index contributed by atoms with van der Waals surface area (Å²) in [6, 6.07) is 12.7. The van der Waals surface area contributed by atoms with E-state index in [1.54, 1.807) is 34.2 Å². The molecule has 0 fully saturated rings. The second-order valence-corrected chi connectivity index (χ2v) is 9.51. The third-order valence-electron chi connectivity index (χ3n) is 6.77. The van der Waals surface area contributed by atoms with Crippen molar-refractivity contribution in [2.24, 2.45) is 0 Å². The molecule has 7 heteroatoms. The van der Waals surface area contributed by atoms with Crippen molar-refractivity contribution in [2.45, 2.75) is 66.2 Å². The second-order valence-electron chi connectivity index (χ2n) is 9.51. The van der Waals surface area contributed by atoms with Crippen molar-refractivity contribution in [3.05, 3.63) is 84.0 Å². The van der Waals surface area contributed by atoms with Crippen LogP contribution in [0.25, 0.3) is 21.8 Å². The summed E-state index contributed by atoms with van der Waals surface area (Å²) in [6.07, 6.45) is 8.97. The van der Waals surface area contributed by atoms with Crippen molar-refractivity contribution in [1.82, 2.24) is 24.0 Å². The molecular weight excluding hydrogens is 486 g/mol. The second kappa shape index (κ2) is 11.4. The summed E-state index contributed by atoms with van der Waals surface area (Å²) in [5.41, 5.74) is 4.16. The van der Waals surface area contributed by atoms with Crippen LogP contribution in [0.2, 0.25) is 0 Å². The van der Waals surface area contributed by atoms with E-state index in [-0.39, 0.29) is 12.2 Å². The molecule has 2 atom stereocenters. The highest BCUT2D eigenvalue weighted by Crippen LogP contribution is 2.30. The summed E-state index contributed by atoms with van der Waals surface area (Å²) < 4.78 is 5.61. The first-order valence-electron chi connectivity index (χ1n) is 13.5. The zero-order valence-corrected chi connectivity index (χ0v) is 23.1. The molecule has 7 nitrogen and oxygen atoms in total. The number of aryl methyl sites for hydroxylation is 1. The molecule has 0 saturated heterocycles. The minimum absolute atomic E-state index is 0.0843. The van der Waals surface area contributed by atoms with E-state index in [0.29, 0.717) is 11.6 Å². The van der Waals surface area contributed by atoms with Crippen LogP contribution >= 0.6 is 0 Å². The summed E-state index contributed by atoms with van der Waals surface area (Å²) in [6.45, 7) is 11.3. The number of benzene rings is 2. The molecule has 0 saturated carbocycles. The van der Waals surface area contributed by atoms with Crippen LogP contribution in [0.4, 0.5) is 0 Å². The molecule has 0 radical (unpaired) electrons. The fourth-order valence-electron chi connectivity index (χ4n) is 4.32. The van der Waals surface area contributed by atoms with Gasteiger partial charge in [-0.25, -0.2) is 9.97 Å². The smallest absolute Gasteiger partial charge is 0.219 e. The van der Waals surface area contributed by atoms with Gasteiger partial charge in [-0.3, -0.25) is 0 Å². The Kier molecular flexibility index (Phi) is 7.61. The quantitative estimate of drug-likeness (QED) is 0.268. The van der Waals surface area contributed by atoms with Crippen LogP contribution in [0, 0.1) is 23.7 Å². The van der Waals surface area contributed by atoms with Crippen LogP contribution in [0.15, 0.2) is 61.2 Å². The van der Waals surface area contributed by atoms with E-state index in [0.717, 1.165) is 41.3 Å². The fourth-order valence-corrected chi connectivity index (χ4v) is 4.32. The van der Waals surface area contributed by atoms with Crippen molar-refractivity contribution in [3.63, 3.8) is 0 Å². The van der Waals surface area contributed by atoms with Gasteiger partial charge in [0.25, 0.3) is 0 Å². The molecule has 0 aliphatic carbocycles. The lowest BCUT2D eigenvalue weighted by atomic mass is 10.1. The van der Waals surface area contributed by atoms with E-state index in [1.165, 1.54) is 11.0 Å². The SMILES string of the molecule is CC[C@H](C)On1ccnc1C#Cc1ccc2c(c1)c1cc(C#Cc3nccn3O[C@@H](C)CC)ccc1n2CC. The molecule has 0 unspecified atom stereocenters. The maximum absolute atomic E-state index is 5.89. The van der Waals surface area contributed by atoms with E-state index in [1.807, 2.05) is 13.8 Å². The lowest BCUT2D eigenvalue weighted by Gasteiger charge is -2.12. The maximum Gasteiger partial charge on any atom is 0.219 e. The summed E-state index contributed by atoms with van der Waals surface area (Å²) >= 11 is 0. The fraction of sp³-hybridized carbons (Fsp3) is 0.312. The molecule has 3 heterocycles. The van der Waals surface area contributed by atoms with Crippen molar-refractivity contribution in [1.29, 1.82) is 0 Å². The Morgan fingerprint density at radius 1 is 0.692 bits per heavy atom. The third kappa shape index (κ3) is 5.49. The molecule has 0 bridgehead atoms. The highest BCUT2D eigenvalue weighted by molar-refractivity contribution is 6.09. The largest absolute Gasteiger partial charge is 0.409 e. The Morgan fingerprint density at radius 3 is 1.56 bits per heavy atom. The standard InChI is InChI=1S/C32H33N5O2/c1-6-23(4)38-36-19-17-33-31(36)15-11-25-9-13-29-27(21-25)28-22-26(10-14-30(28)35(29)8-3)12-16-32-34-18-20-37(32)39-24(5)7-2/h9-10,13-14,17-24H,6-8H2,1-5H3/t23-,24-/m0/s1. The van der Waals surface area contributed by atoms with Gasteiger partial charge in [0.1, 0.15) is 12.2 Å². The van der Waals surface area contributed by atoms with E-state index in [2.05, 4.69) is 95.4 Å². The number of nitrogens with zero attached hydrogens (tertiary/aromatic N) is 5. The first-order chi connectivity index (χ1) is 19.0. The number of fused-ring (bicyclic) bond motifs is 3. The Balaban J connectivity index is 1.50. The van der Waals surface area contributed by atoms with Gasteiger partial charge in [-0.2, -0.15) is 9.46 Å². The maximum atomic E-state index is 5.89. The average Bonchev–Trinajstić information content (AvgIpc) is 3.67. The van der Waals surface area contributed by atoms with E-state index in [4.69, 9.17) is 9.68 Å². The molecule has 0 spiro atoms. The van der Waals surface area contributed by atoms with E-state index >= 15 is 0 Å². The highest BCUT2D eigenvalue weighted by Gasteiger charge is 2.11. The molecule has 5 aromatic rings. The number of hydrogen-bond donors (Lipinski definition) is 0. The molecule has 39 heavy (non-hydrogen) atoms. The average molecular weight is 520 g/mol. The van der Waals surface area contributed by atoms with E-state index < -0.39 is 0 Å². The Hall–Kier alpha value is -4.62. The molecule has 0 N–H and O–H groups in total. The summed E-state index contributed by atoms with van der Waals surface area (Å²) in [4.78, 5) is 20.5. The highest BCUT2D eigenvalue weighted by atomic mass is 16.7. The van der Waals surface area contributed by atoms with Gasteiger partial charge in [0, 0.05) is 51.9 Å². The van der Waals surface area contributed by atoms with Crippen LogP contribution in [0.5, 0.6) is 0 Å². The van der Waals surface area contributed by atoms with Gasteiger partial charge in [0.05, 0.1) is 12.4 Å². The topological polar surface area (TPSA) is 59.0 Å². The number of hydrogen-bond acceptors (Lipinski definition) is 4. The minimum atomic E-state index is 0.0843. The number of imidazole rings is 2. The van der Waals surface area contributed by atoms with Gasteiger partial charge in [-0.1, -0.05) is 25.7 Å². The first-order valence-corrected chi connectivity index (χ1v) is 13.5. The monoisotopic (exact) mass is 519 g/mol. The first kappa shape index (κ1) is 26.0. The molecule has 0 aliphatic rings. The molecule has 3 aromatic heterocycles. The van der Waals surface area contributed by atoms with Crippen LogP contribution in [0.1, 0.15) is 70.2 Å². The molecule has 0 aliphatic heterocycles. The van der Waals surface area contributed by atoms with Gasteiger partial charge in [-0.15, -0.1) is 0 Å². The summed E-state index contributed by atoms with van der Waals surface area (Å²) in [7, 11) is 0. The van der Waals surface area contributed by atoms with Gasteiger partial charge in [0.15, 0.2) is 0 Å². The Labute approximate surface area is 229 Å². The van der Waals surface area contributed by atoms with Gasteiger partial charge in [-0.05, 0) is 81.9 Å². The van der Waals surface area contributed by atoms with Crippen LogP contribution in [0.3, 0.4) is 0 Å². The van der Waals surface area contributed by atoms with Crippen LogP contribution in [-0.2, 0) is 6.54 Å². The summed E-state index contributed by atoms with van der Waals surface area (Å²) in [5, 5.41) is 2.28. The van der Waals surface area contributed by atoms with Crippen molar-refractivity contribution < 1.29 is 9.68 Å². The zero-order valence-electron chi connectivity index (χ0n) is 23.1. The Morgan fingerprint density at radius 2 is 1.15 bits per heavy atom. The van der Waals surface area contributed by atoms with E-state index in [9.17, 15) is 0 Å². The van der Waals surface area contributed by atoms with Crippen molar-refractivity contribution in [2.75, 3.05) is 0 Å². The molecular formula is C32H33N5O2. The Bertz CT molecular complexity index is 1610. The van der Waals surface area contributed by atoms with Crippen LogP contribution in [-0.4, -0.2) is 36.2 Å². The molecule has 198 valence electrons. The number of aromatic nitrogens is 5.